The molecule has 0 aromatic heterocycles. The minimum Gasteiger partial charge on any atom is -0.495 e. The second kappa shape index (κ2) is 11.9. The minimum atomic E-state index is -4.11. The molecule has 0 radical (unpaired) electrons. The van der Waals surface area contributed by atoms with Gasteiger partial charge >= 0.3 is 0 Å². The number of nitrogens with one attached hydrogen (secondary N) is 2. The van der Waals surface area contributed by atoms with E-state index in [2.05, 4.69) is 10.6 Å². The SMILES string of the molecule is COc1ccccc1N(CC(=O)Nc1ccccc1C(=O)NC1CCCCC1)S(=O)(=O)c1ccccc1. The van der Waals surface area contributed by atoms with E-state index in [1.165, 1.54) is 25.7 Å². The molecule has 0 spiro atoms. The van der Waals surface area contributed by atoms with Gasteiger partial charge in [0.1, 0.15) is 12.3 Å². The van der Waals surface area contributed by atoms with E-state index in [0.29, 0.717) is 17.0 Å². The van der Waals surface area contributed by atoms with Gasteiger partial charge in [-0.05, 0) is 49.2 Å². The van der Waals surface area contributed by atoms with Crippen LogP contribution < -0.4 is 19.7 Å². The molecule has 37 heavy (non-hydrogen) atoms. The molecule has 1 aliphatic rings. The van der Waals surface area contributed by atoms with Crippen LogP contribution in [0.5, 0.6) is 5.75 Å². The van der Waals surface area contributed by atoms with Crippen molar-refractivity contribution in [2.45, 2.75) is 43.0 Å². The number of hydrogen-bond donors (Lipinski definition) is 2. The first-order valence-corrected chi connectivity index (χ1v) is 13.7. The summed E-state index contributed by atoms with van der Waals surface area (Å²) < 4.78 is 33.6. The van der Waals surface area contributed by atoms with E-state index in [0.717, 1.165) is 30.0 Å². The van der Waals surface area contributed by atoms with Gasteiger partial charge in [-0.1, -0.05) is 61.7 Å². The molecule has 2 amide bonds. The number of amides is 2. The standard InChI is InChI=1S/C28H31N3O5S/c1-36-26-19-11-10-18-25(26)31(37(34,35)22-14-6-3-7-15-22)20-27(32)30-24-17-9-8-16-23(24)28(33)29-21-12-4-2-5-13-21/h3,6-11,14-19,21H,2,4-5,12-13,20H2,1H3,(H,29,33)(H,30,32). The quantitative estimate of drug-likeness (QED) is 0.429. The molecule has 8 nitrogen and oxygen atoms in total. The molecule has 0 atom stereocenters. The molecule has 0 heterocycles. The summed E-state index contributed by atoms with van der Waals surface area (Å²) in [5, 5.41) is 5.81. The molecule has 1 aliphatic carbocycles. The van der Waals surface area contributed by atoms with Crippen LogP contribution in [0.4, 0.5) is 11.4 Å². The highest BCUT2D eigenvalue weighted by Crippen LogP contribution is 2.32. The summed E-state index contributed by atoms with van der Waals surface area (Å²) in [6, 6.07) is 21.3. The lowest BCUT2D eigenvalue weighted by Gasteiger charge is -2.26. The molecule has 9 heteroatoms. The Bertz CT molecular complexity index is 1340. The third kappa shape index (κ3) is 6.29. The van der Waals surface area contributed by atoms with Crippen LogP contribution in [0.15, 0.2) is 83.8 Å². The predicted molar refractivity (Wildman–Crippen MR) is 143 cm³/mol. The number of carbonyl (C=O) groups excluding carboxylic acids is 2. The molecule has 3 aromatic rings. The van der Waals surface area contributed by atoms with Crippen molar-refractivity contribution in [2.24, 2.45) is 0 Å². The van der Waals surface area contributed by atoms with Gasteiger partial charge in [0.05, 0.1) is 28.9 Å². The molecule has 0 saturated heterocycles. The summed E-state index contributed by atoms with van der Waals surface area (Å²) in [6.45, 7) is -0.518. The first kappa shape index (κ1) is 26.2. The van der Waals surface area contributed by atoms with Crippen LogP contribution in [0.1, 0.15) is 42.5 Å². The third-order valence-corrected chi connectivity index (χ3v) is 8.13. The highest BCUT2D eigenvalue weighted by atomic mass is 32.2. The van der Waals surface area contributed by atoms with E-state index in [4.69, 9.17) is 4.74 Å². The normalized spacial score (nSPS) is 14.0. The monoisotopic (exact) mass is 521 g/mol. The molecule has 0 unspecified atom stereocenters. The molecular formula is C28H31N3O5S. The van der Waals surface area contributed by atoms with Gasteiger partial charge in [-0.25, -0.2) is 8.42 Å². The minimum absolute atomic E-state index is 0.0426. The van der Waals surface area contributed by atoms with Crippen LogP contribution in [0, 0.1) is 0 Å². The zero-order chi connectivity index (χ0) is 26.3. The van der Waals surface area contributed by atoms with Crippen molar-refractivity contribution in [2.75, 3.05) is 23.3 Å². The van der Waals surface area contributed by atoms with Gasteiger partial charge in [0, 0.05) is 6.04 Å². The van der Waals surface area contributed by atoms with Crippen molar-refractivity contribution in [3.63, 3.8) is 0 Å². The average Bonchev–Trinajstić information content (AvgIpc) is 2.93. The van der Waals surface area contributed by atoms with Crippen molar-refractivity contribution < 1.29 is 22.7 Å². The Kier molecular flexibility index (Phi) is 8.45. The molecule has 4 rings (SSSR count). The van der Waals surface area contributed by atoms with Gasteiger partial charge in [-0.2, -0.15) is 0 Å². The van der Waals surface area contributed by atoms with Gasteiger partial charge in [-0.3, -0.25) is 13.9 Å². The lowest BCUT2D eigenvalue weighted by atomic mass is 9.95. The maximum absolute atomic E-state index is 13.6. The topological polar surface area (TPSA) is 105 Å². The Morgan fingerprint density at radius 3 is 2.27 bits per heavy atom. The summed E-state index contributed by atoms with van der Waals surface area (Å²) in [5.74, 6) is -0.549. The maximum Gasteiger partial charge on any atom is 0.264 e. The number of anilines is 2. The van der Waals surface area contributed by atoms with Gasteiger partial charge in [-0.15, -0.1) is 0 Å². The first-order valence-electron chi connectivity index (χ1n) is 12.3. The van der Waals surface area contributed by atoms with Crippen LogP contribution in [0.25, 0.3) is 0 Å². The highest BCUT2D eigenvalue weighted by molar-refractivity contribution is 7.92. The van der Waals surface area contributed by atoms with Crippen LogP contribution in [0.2, 0.25) is 0 Å². The Labute approximate surface area is 217 Å². The number of para-hydroxylation sites is 3. The number of sulfonamides is 1. The molecule has 0 aliphatic heterocycles. The first-order chi connectivity index (χ1) is 17.9. The van der Waals surface area contributed by atoms with Crippen molar-refractivity contribution in [1.82, 2.24) is 5.32 Å². The Morgan fingerprint density at radius 1 is 0.892 bits per heavy atom. The fourth-order valence-corrected chi connectivity index (χ4v) is 5.93. The second-order valence-electron chi connectivity index (χ2n) is 8.90. The van der Waals surface area contributed by atoms with E-state index in [1.807, 2.05) is 0 Å². The average molecular weight is 522 g/mol. The second-order valence-corrected chi connectivity index (χ2v) is 10.8. The zero-order valence-corrected chi connectivity index (χ0v) is 21.5. The number of methoxy groups -OCH3 is 1. The Balaban J connectivity index is 1.59. The number of benzene rings is 3. The molecule has 1 fully saturated rings. The van der Waals surface area contributed by atoms with E-state index in [1.54, 1.807) is 66.7 Å². The summed E-state index contributed by atoms with van der Waals surface area (Å²) >= 11 is 0. The maximum atomic E-state index is 13.6. The van der Waals surface area contributed by atoms with Crippen LogP contribution in [-0.2, 0) is 14.8 Å². The summed E-state index contributed by atoms with van der Waals surface area (Å²) in [7, 11) is -2.67. The lowest BCUT2D eigenvalue weighted by molar-refractivity contribution is -0.114. The fourth-order valence-electron chi connectivity index (χ4n) is 4.48. The van der Waals surface area contributed by atoms with E-state index < -0.39 is 22.5 Å². The molecular weight excluding hydrogens is 490 g/mol. The van der Waals surface area contributed by atoms with Gasteiger partial charge < -0.3 is 15.4 Å². The van der Waals surface area contributed by atoms with Crippen molar-refractivity contribution in [3.8, 4) is 5.75 Å². The van der Waals surface area contributed by atoms with Crippen LogP contribution >= 0.6 is 0 Å². The number of ether oxygens (including phenoxy) is 1. The van der Waals surface area contributed by atoms with Gasteiger partial charge in [0.25, 0.3) is 15.9 Å². The van der Waals surface area contributed by atoms with Gasteiger partial charge in [0.15, 0.2) is 0 Å². The van der Waals surface area contributed by atoms with Crippen molar-refractivity contribution in [3.05, 3.63) is 84.4 Å². The lowest BCUT2D eigenvalue weighted by Crippen LogP contribution is -2.39. The van der Waals surface area contributed by atoms with E-state index in [-0.39, 0.29) is 22.5 Å². The summed E-state index contributed by atoms with van der Waals surface area (Å²) in [6.07, 6.45) is 5.21. The molecule has 0 bridgehead atoms. The fraction of sp³-hybridized carbons (Fsp3) is 0.286. The molecule has 194 valence electrons. The predicted octanol–water partition coefficient (Wildman–Crippen LogP) is 4.59. The molecule has 1 saturated carbocycles. The molecule has 3 aromatic carbocycles. The third-order valence-electron chi connectivity index (χ3n) is 6.36. The van der Waals surface area contributed by atoms with Crippen molar-refractivity contribution >= 4 is 33.2 Å². The largest absolute Gasteiger partial charge is 0.495 e. The highest BCUT2D eigenvalue weighted by Gasteiger charge is 2.29. The van der Waals surface area contributed by atoms with Crippen LogP contribution in [-0.4, -0.2) is 39.9 Å². The van der Waals surface area contributed by atoms with Crippen LogP contribution in [0.3, 0.4) is 0 Å². The van der Waals surface area contributed by atoms with Gasteiger partial charge in [0.2, 0.25) is 5.91 Å². The molecule has 2 N–H and O–H groups in total. The van der Waals surface area contributed by atoms with Crippen molar-refractivity contribution in [1.29, 1.82) is 0 Å². The Morgan fingerprint density at radius 2 is 1.54 bits per heavy atom. The van der Waals surface area contributed by atoms with E-state index in [9.17, 15) is 18.0 Å². The zero-order valence-electron chi connectivity index (χ0n) is 20.7. The number of rotatable bonds is 9. The summed E-state index contributed by atoms with van der Waals surface area (Å²) in [4.78, 5) is 26.3. The number of nitrogens with zero attached hydrogens (tertiary/aromatic N) is 1. The Hall–Kier alpha value is -3.85. The van der Waals surface area contributed by atoms with E-state index >= 15 is 0 Å². The number of carbonyl (C=O) groups is 2. The smallest absolute Gasteiger partial charge is 0.264 e. The summed E-state index contributed by atoms with van der Waals surface area (Å²) in [5.41, 5.74) is 0.876. The number of hydrogen-bond acceptors (Lipinski definition) is 5.